The van der Waals surface area contributed by atoms with Crippen molar-refractivity contribution < 1.29 is 4.12 Å². The number of hydrogen-bond donors (Lipinski definition) is 1. The Morgan fingerprint density at radius 1 is 0.750 bits per heavy atom. The monoisotopic (exact) mass is 381 g/mol. The van der Waals surface area contributed by atoms with Gasteiger partial charge in [0.25, 0.3) is 8.48 Å². The first-order valence-corrected chi connectivity index (χ1v) is 17.4. The van der Waals surface area contributed by atoms with Gasteiger partial charge in [-0.2, -0.15) is 0 Å². The Kier molecular flexibility index (Phi) is 6.22. The predicted molar refractivity (Wildman–Crippen MR) is 116 cm³/mol. The van der Waals surface area contributed by atoms with E-state index < -0.39 is 25.0 Å². The van der Waals surface area contributed by atoms with Crippen molar-refractivity contribution in [3.05, 3.63) is 30.3 Å². The second-order valence-electron chi connectivity index (χ2n) is 10.5. The fourth-order valence-electron chi connectivity index (χ4n) is 3.64. The molecule has 0 heterocycles. The molecule has 1 rings (SSSR count). The van der Waals surface area contributed by atoms with E-state index in [1.165, 1.54) is 5.19 Å². The van der Waals surface area contributed by atoms with Crippen LogP contribution in [0.1, 0.15) is 41.5 Å². The minimum Gasteiger partial charge on any atom is -0.440 e. The third kappa shape index (κ3) is 4.91. The third-order valence-electron chi connectivity index (χ3n) is 4.54. The normalized spacial score (nSPS) is 14.8. The van der Waals surface area contributed by atoms with Gasteiger partial charge < -0.3 is 8.76 Å². The standard InChI is InChI=1S/C19H39NOSi3/c1-18(2,3)24(19(4,5)6,20-22(7,8)9)21-23(10,11)17-15-13-12-14-16-17/h12-16,20H,1-11H3. The highest BCUT2D eigenvalue weighted by Crippen LogP contribution is 2.51. The first-order valence-electron chi connectivity index (χ1n) is 9.07. The molecule has 0 aliphatic heterocycles. The molecule has 0 unspecified atom stereocenters. The number of rotatable bonds is 5. The third-order valence-corrected chi connectivity index (χ3v) is 18.2. The quantitative estimate of drug-likeness (QED) is 0.672. The predicted octanol–water partition coefficient (Wildman–Crippen LogP) is 5.58. The van der Waals surface area contributed by atoms with Crippen LogP contribution in [0.2, 0.25) is 42.8 Å². The van der Waals surface area contributed by atoms with E-state index in [0.29, 0.717) is 0 Å². The minimum absolute atomic E-state index is 0.116. The van der Waals surface area contributed by atoms with Crippen molar-refractivity contribution in [1.82, 2.24) is 4.65 Å². The average Bonchev–Trinajstić information content (AvgIpc) is 2.34. The van der Waals surface area contributed by atoms with E-state index in [2.05, 4.69) is 109 Å². The molecule has 5 heteroatoms. The van der Waals surface area contributed by atoms with Gasteiger partial charge in [-0.1, -0.05) is 91.5 Å². The SMILES string of the molecule is CC(C)(C)[Si](N[Si](C)(C)C)(O[Si](C)(C)c1ccccc1)C(C)(C)C. The maximum absolute atomic E-state index is 7.32. The Morgan fingerprint density at radius 2 is 1.17 bits per heavy atom. The maximum Gasteiger partial charge on any atom is 0.263 e. The topological polar surface area (TPSA) is 21.3 Å². The molecule has 0 spiro atoms. The van der Waals surface area contributed by atoms with Crippen LogP contribution in [0.4, 0.5) is 0 Å². The minimum atomic E-state index is -2.28. The van der Waals surface area contributed by atoms with Crippen LogP contribution in [-0.2, 0) is 4.12 Å². The molecule has 0 atom stereocenters. The highest BCUT2D eigenvalue weighted by atomic mass is 28.5. The van der Waals surface area contributed by atoms with E-state index in [1.54, 1.807) is 0 Å². The fourth-order valence-corrected chi connectivity index (χ4v) is 20.8. The highest BCUT2D eigenvalue weighted by Gasteiger charge is 2.59. The molecule has 24 heavy (non-hydrogen) atoms. The van der Waals surface area contributed by atoms with E-state index in [0.717, 1.165) is 0 Å². The van der Waals surface area contributed by atoms with E-state index in [-0.39, 0.29) is 10.1 Å². The summed E-state index contributed by atoms with van der Waals surface area (Å²) in [5.74, 6) is 0. The van der Waals surface area contributed by atoms with Crippen LogP contribution in [-0.4, -0.2) is 25.0 Å². The summed E-state index contributed by atoms with van der Waals surface area (Å²) in [4.78, 5) is 0. The van der Waals surface area contributed by atoms with Gasteiger partial charge in [0.1, 0.15) is 8.24 Å². The zero-order valence-electron chi connectivity index (χ0n) is 17.8. The molecular weight excluding hydrogens is 342 g/mol. The summed E-state index contributed by atoms with van der Waals surface area (Å²) >= 11 is 0. The largest absolute Gasteiger partial charge is 0.440 e. The molecule has 1 aromatic carbocycles. The van der Waals surface area contributed by atoms with Crippen molar-refractivity contribution in [2.45, 2.75) is 84.4 Å². The van der Waals surface area contributed by atoms with Gasteiger partial charge in [-0.3, -0.25) is 0 Å². The lowest BCUT2D eigenvalue weighted by Crippen LogP contribution is -2.75. The lowest BCUT2D eigenvalue weighted by atomic mass is 10.2. The van der Waals surface area contributed by atoms with E-state index in [9.17, 15) is 0 Å². The van der Waals surface area contributed by atoms with Crippen LogP contribution in [0.15, 0.2) is 30.3 Å². The summed E-state index contributed by atoms with van der Waals surface area (Å²) in [5.41, 5.74) is 0. The van der Waals surface area contributed by atoms with Crippen LogP contribution in [0.5, 0.6) is 0 Å². The molecule has 138 valence electrons. The summed E-state index contributed by atoms with van der Waals surface area (Å²) in [6.45, 7) is 26.1. The van der Waals surface area contributed by atoms with Gasteiger partial charge in [0.05, 0.1) is 0 Å². The molecule has 1 aromatic rings. The Labute approximate surface area is 153 Å². The zero-order valence-corrected chi connectivity index (χ0v) is 20.8. The molecule has 0 amide bonds. The van der Waals surface area contributed by atoms with Crippen molar-refractivity contribution in [3.63, 3.8) is 0 Å². The van der Waals surface area contributed by atoms with Gasteiger partial charge in [0.15, 0.2) is 0 Å². The number of nitrogens with one attached hydrogen (secondary N) is 1. The van der Waals surface area contributed by atoms with E-state index in [4.69, 9.17) is 4.12 Å². The lowest BCUT2D eigenvalue weighted by Gasteiger charge is -2.56. The van der Waals surface area contributed by atoms with Crippen LogP contribution >= 0.6 is 0 Å². The molecule has 0 aromatic heterocycles. The maximum atomic E-state index is 7.32. The van der Waals surface area contributed by atoms with Gasteiger partial charge in [0.2, 0.25) is 8.32 Å². The van der Waals surface area contributed by atoms with Gasteiger partial charge in [-0.15, -0.1) is 0 Å². The van der Waals surface area contributed by atoms with E-state index in [1.807, 2.05) is 0 Å². The average molecular weight is 382 g/mol. The zero-order chi connectivity index (χ0) is 19.0. The molecular formula is C19H39NOSi3. The van der Waals surface area contributed by atoms with Crippen LogP contribution in [0.25, 0.3) is 0 Å². The van der Waals surface area contributed by atoms with Crippen molar-refractivity contribution >= 4 is 30.2 Å². The molecule has 0 radical (unpaired) electrons. The van der Waals surface area contributed by atoms with Crippen molar-refractivity contribution in [3.8, 4) is 0 Å². The molecule has 0 saturated heterocycles. The Hall–Kier alpha value is -0.209. The van der Waals surface area contributed by atoms with Crippen LogP contribution < -0.4 is 9.83 Å². The molecule has 0 aliphatic carbocycles. The van der Waals surface area contributed by atoms with Crippen molar-refractivity contribution in [2.24, 2.45) is 0 Å². The molecule has 0 aliphatic rings. The smallest absolute Gasteiger partial charge is 0.263 e. The summed E-state index contributed by atoms with van der Waals surface area (Å²) in [6.07, 6.45) is 0. The summed E-state index contributed by atoms with van der Waals surface area (Å²) in [6, 6.07) is 10.8. The summed E-state index contributed by atoms with van der Waals surface area (Å²) < 4.78 is 11.5. The summed E-state index contributed by atoms with van der Waals surface area (Å²) in [5, 5.41) is 1.61. The first-order chi connectivity index (χ1) is 10.5. The Morgan fingerprint density at radius 3 is 1.50 bits per heavy atom. The second kappa shape index (κ2) is 6.83. The van der Waals surface area contributed by atoms with Crippen molar-refractivity contribution in [2.75, 3.05) is 0 Å². The Balaban J connectivity index is 3.48. The Bertz CT molecular complexity index is 522. The second-order valence-corrected chi connectivity index (χ2v) is 24.8. The van der Waals surface area contributed by atoms with E-state index >= 15 is 0 Å². The van der Waals surface area contributed by atoms with Crippen molar-refractivity contribution in [1.29, 1.82) is 0 Å². The molecule has 0 bridgehead atoms. The molecule has 0 fully saturated rings. The molecule has 2 nitrogen and oxygen atoms in total. The van der Waals surface area contributed by atoms with Gasteiger partial charge in [0, 0.05) is 0 Å². The van der Waals surface area contributed by atoms with Crippen LogP contribution in [0.3, 0.4) is 0 Å². The fraction of sp³-hybridized carbons (Fsp3) is 0.684. The molecule has 1 N–H and O–H groups in total. The number of hydrogen-bond acceptors (Lipinski definition) is 2. The molecule has 0 saturated carbocycles. The van der Waals surface area contributed by atoms with Gasteiger partial charge in [-0.25, -0.2) is 0 Å². The highest BCUT2D eigenvalue weighted by molar-refractivity contribution is 6.98. The lowest BCUT2D eigenvalue weighted by molar-refractivity contribution is 0.413. The van der Waals surface area contributed by atoms with Gasteiger partial charge >= 0.3 is 0 Å². The number of benzene rings is 1. The first kappa shape index (κ1) is 21.8. The van der Waals surface area contributed by atoms with Crippen LogP contribution in [0, 0.1) is 0 Å². The van der Waals surface area contributed by atoms with Gasteiger partial charge in [-0.05, 0) is 28.4 Å². The summed E-state index contributed by atoms with van der Waals surface area (Å²) in [7, 11) is -5.80.